The van der Waals surface area contributed by atoms with E-state index in [4.69, 9.17) is 16.0 Å². The number of hydrogen-bond donors (Lipinski definition) is 3. The summed E-state index contributed by atoms with van der Waals surface area (Å²) in [6.45, 7) is 0. The summed E-state index contributed by atoms with van der Waals surface area (Å²) in [7, 11) is -3.97. The van der Waals surface area contributed by atoms with Crippen LogP contribution in [0.2, 0.25) is 0 Å². The Labute approximate surface area is 82.5 Å². The molecule has 14 heavy (non-hydrogen) atoms. The van der Waals surface area contributed by atoms with Gasteiger partial charge in [0.05, 0.1) is 5.75 Å². The van der Waals surface area contributed by atoms with E-state index < -0.39 is 10.1 Å². The smallest absolute Gasteiger partial charge is 0.265 e. The average molecular weight is 216 g/mol. The minimum atomic E-state index is -3.97. The van der Waals surface area contributed by atoms with Gasteiger partial charge in [-0.25, -0.2) is 0 Å². The van der Waals surface area contributed by atoms with Gasteiger partial charge < -0.3 is 11.5 Å². The molecule has 0 aromatic heterocycles. The fraction of sp³-hybridized carbons (Fsp3) is 0.250. The molecule has 6 heteroatoms. The first-order valence-corrected chi connectivity index (χ1v) is 5.59. The van der Waals surface area contributed by atoms with Crippen LogP contribution in [0.5, 0.6) is 0 Å². The summed E-state index contributed by atoms with van der Waals surface area (Å²) in [6, 6.07) is 4.95. The Morgan fingerprint density at radius 2 is 1.71 bits per heavy atom. The van der Waals surface area contributed by atoms with E-state index in [9.17, 15) is 8.42 Å². The van der Waals surface area contributed by atoms with Gasteiger partial charge in [0.1, 0.15) is 0 Å². The first-order valence-electron chi connectivity index (χ1n) is 3.98. The van der Waals surface area contributed by atoms with Crippen LogP contribution >= 0.6 is 0 Å². The van der Waals surface area contributed by atoms with Crippen molar-refractivity contribution in [2.24, 2.45) is 0 Å². The normalized spacial score (nSPS) is 11.5. The van der Waals surface area contributed by atoms with Gasteiger partial charge in [-0.3, -0.25) is 4.55 Å². The molecule has 0 fully saturated rings. The summed E-state index contributed by atoms with van der Waals surface area (Å²) >= 11 is 0. The molecular formula is C8H12N2O3S. The number of benzene rings is 1. The highest BCUT2D eigenvalue weighted by Crippen LogP contribution is 2.19. The summed E-state index contributed by atoms with van der Waals surface area (Å²) < 4.78 is 29.6. The second-order valence-corrected chi connectivity index (χ2v) is 4.52. The lowest BCUT2D eigenvalue weighted by Crippen LogP contribution is -2.09. The lowest BCUT2D eigenvalue weighted by Gasteiger charge is -2.07. The molecular weight excluding hydrogens is 204 g/mol. The van der Waals surface area contributed by atoms with E-state index in [1.54, 1.807) is 18.2 Å². The van der Waals surface area contributed by atoms with Crippen molar-refractivity contribution in [1.29, 1.82) is 0 Å². The summed E-state index contributed by atoms with van der Waals surface area (Å²) in [5.41, 5.74) is 12.6. The third kappa shape index (κ3) is 2.90. The maximum atomic E-state index is 10.5. The maximum Gasteiger partial charge on any atom is 0.265 e. The van der Waals surface area contributed by atoms with Crippen LogP contribution in [-0.2, 0) is 16.5 Å². The Morgan fingerprint density at radius 3 is 2.14 bits per heavy atom. The molecule has 0 unspecified atom stereocenters. The quantitative estimate of drug-likeness (QED) is 0.497. The summed E-state index contributed by atoms with van der Waals surface area (Å²) in [5.74, 6) is -0.370. The standard InChI is InChI=1S/C8H12N2O3S/c9-7-2-1-3-8(10)6(7)4-5-14(11,12)13/h1-3H,4-5,9-10H2,(H,11,12,13). The molecule has 5 nitrogen and oxygen atoms in total. The van der Waals surface area contributed by atoms with Gasteiger partial charge in [0, 0.05) is 11.4 Å². The highest BCUT2D eigenvalue weighted by Gasteiger charge is 2.09. The Morgan fingerprint density at radius 1 is 1.21 bits per heavy atom. The monoisotopic (exact) mass is 216 g/mol. The molecule has 0 spiro atoms. The van der Waals surface area contributed by atoms with Crippen molar-refractivity contribution in [3.8, 4) is 0 Å². The molecule has 0 saturated heterocycles. The van der Waals surface area contributed by atoms with E-state index in [0.717, 1.165) is 0 Å². The predicted octanol–water partition coefficient (Wildman–Crippen LogP) is 0.281. The minimum absolute atomic E-state index is 0.122. The summed E-state index contributed by atoms with van der Waals surface area (Å²) in [5, 5.41) is 0. The van der Waals surface area contributed by atoms with Gasteiger partial charge in [-0.2, -0.15) is 8.42 Å². The van der Waals surface area contributed by atoms with Crippen molar-refractivity contribution in [2.45, 2.75) is 6.42 Å². The zero-order valence-corrected chi connectivity index (χ0v) is 8.29. The van der Waals surface area contributed by atoms with Gasteiger partial charge >= 0.3 is 0 Å². The summed E-state index contributed by atoms with van der Waals surface area (Å²) in [6.07, 6.45) is 0.122. The van der Waals surface area contributed by atoms with Gasteiger partial charge in [-0.05, 0) is 24.1 Å². The average Bonchev–Trinajstić information content (AvgIpc) is 2.01. The van der Waals surface area contributed by atoms with Crippen molar-refractivity contribution in [3.05, 3.63) is 23.8 Å². The topological polar surface area (TPSA) is 106 Å². The second kappa shape index (κ2) is 3.85. The highest BCUT2D eigenvalue weighted by atomic mass is 32.2. The van der Waals surface area contributed by atoms with Crippen molar-refractivity contribution in [2.75, 3.05) is 17.2 Å². The molecule has 1 rings (SSSR count). The SMILES string of the molecule is Nc1cccc(N)c1CCS(=O)(=O)O. The van der Waals surface area contributed by atoms with Crippen molar-refractivity contribution in [3.63, 3.8) is 0 Å². The first-order chi connectivity index (χ1) is 6.40. The fourth-order valence-electron chi connectivity index (χ4n) is 1.14. The van der Waals surface area contributed by atoms with E-state index >= 15 is 0 Å². The van der Waals surface area contributed by atoms with Crippen LogP contribution in [0.1, 0.15) is 5.56 Å². The zero-order chi connectivity index (χ0) is 10.8. The number of rotatable bonds is 3. The van der Waals surface area contributed by atoms with E-state index in [-0.39, 0.29) is 12.2 Å². The maximum absolute atomic E-state index is 10.5. The Balaban J connectivity index is 2.87. The van der Waals surface area contributed by atoms with E-state index in [2.05, 4.69) is 0 Å². The van der Waals surface area contributed by atoms with Crippen LogP contribution in [0.15, 0.2) is 18.2 Å². The lowest BCUT2D eigenvalue weighted by molar-refractivity contribution is 0.483. The van der Waals surface area contributed by atoms with E-state index in [1.165, 1.54) is 0 Å². The zero-order valence-electron chi connectivity index (χ0n) is 7.47. The van der Waals surface area contributed by atoms with Crippen LogP contribution < -0.4 is 11.5 Å². The molecule has 0 aliphatic carbocycles. The number of nitrogen functional groups attached to an aromatic ring is 2. The predicted molar refractivity (Wildman–Crippen MR) is 55.4 cm³/mol. The van der Waals surface area contributed by atoms with Gasteiger partial charge in [0.15, 0.2) is 0 Å². The van der Waals surface area contributed by atoms with E-state index in [0.29, 0.717) is 16.9 Å². The number of hydrogen-bond acceptors (Lipinski definition) is 4. The molecule has 78 valence electrons. The van der Waals surface area contributed by atoms with Crippen LogP contribution in [0.25, 0.3) is 0 Å². The molecule has 0 heterocycles. The fourth-order valence-corrected chi connectivity index (χ4v) is 1.61. The molecule has 1 aromatic carbocycles. The van der Waals surface area contributed by atoms with Gasteiger partial charge in [0.25, 0.3) is 10.1 Å². The molecule has 0 aliphatic rings. The van der Waals surface area contributed by atoms with Crippen molar-refractivity contribution in [1.82, 2.24) is 0 Å². The molecule has 0 saturated carbocycles. The van der Waals surface area contributed by atoms with Crippen LogP contribution in [0.4, 0.5) is 11.4 Å². The van der Waals surface area contributed by atoms with Crippen molar-refractivity contribution >= 4 is 21.5 Å². The van der Waals surface area contributed by atoms with Gasteiger partial charge in [-0.15, -0.1) is 0 Å². The minimum Gasteiger partial charge on any atom is -0.398 e. The van der Waals surface area contributed by atoms with Crippen LogP contribution in [0.3, 0.4) is 0 Å². The molecule has 0 amide bonds. The Kier molecular flexibility index (Phi) is 2.97. The Hall–Kier alpha value is -1.27. The van der Waals surface area contributed by atoms with Crippen LogP contribution in [0, 0.1) is 0 Å². The second-order valence-electron chi connectivity index (χ2n) is 2.95. The number of nitrogens with two attached hydrogens (primary N) is 2. The molecule has 5 N–H and O–H groups in total. The van der Waals surface area contributed by atoms with Gasteiger partial charge in [-0.1, -0.05) is 6.07 Å². The molecule has 0 radical (unpaired) electrons. The first kappa shape index (κ1) is 10.8. The molecule has 0 bridgehead atoms. The van der Waals surface area contributed by atoms with Crippen molar-refractivity contribution < 1.29 is 13.0 Å². The third-order valence-corrected chi connectivity index (χ3v) is 2.58. The lowest BCUT2D eigenvalue weighted by atomic mass is 10.1. The third-order valence-electron chi connectivity index (χ3n) is 1.86. The Bertz CT molecular complexity index is 408. The number of anilines is 2. The summed E-state index contributed by atoms with van der Waals surface area (Å²) in [4.78, 5) is 0. The van der Waals surface area contributed by atoms with E-state index in [1.807, 2.05) is 0 Å². The molecule has 0 aliphatic heterocycles. The van der Waals surface area contributed by atoms with Crippen LogP contribution in [-0.4, -0.2) is 18.7 Å². The largest absolute Gasteiger partial charge is 0.398 e. The molecule has 0 atom stereocenters. The van der Waals surface area contributed by atoms with Gasteiger partial charge in [0.2, 0.25) is 0 Å². The highest BCUT2D eigenvalue weighted by molar-refractivity contribution is 7.85. The molecule has 1 aromatic rings.